The Balaban J connectivity index is 2.58. The highest BCUT2D eigenvalue weighted by Gasteiger charge is 2.13. The maximum absolute atomic E-state index is 10.8. The number of thiazole rings is 1. The topological polar surface area (TPSA) is 39.2 Å². The first kappa shape index (κ1) is 12.1. The van der Waals surface area contributed by atoms with E-state index in [1.807, 2.05) is 0 Å². The van der Waals surface area contributed by atoms with Crippen molar-refractivity contribution in [3.63, 3.8) is 0 Å². The number of hydrogen-bond donors (Lipinski definition) is 0. The molecule has 0 aliphatic heterocycles. The average molecular weight is 268 g/mol. The number of rotatable bonds is 3. The molecule has 0 atom stereocenters. The molecule has 0 bridgehead atoms. The molecule has 0 amide bonds. The van der Waals surface area contributed by atoms with Gasteiger partial charge in [-0.25, -0.2) is 4.98 Å². The van der Waals surface area contributed by atoms with Crippen LogP contribution in [0.4, 0.5) is 0 Å². The Morgan fingerprint density at radius 3 is 2.82 bits per heavy atom. The van der Waals surface area contributed by atoms with E-state index in [2.05, 4.69) is 4.98 Å². The highest BCUT2D eigenvalue weighted by Crippen LogP contribution is 2.35. The Kier molecular flexibility index (Phi) is 3.45. The van der Waals surface area contributed by atoms with Gasteiger partial charge in [0, 0.05) is 5.02 Å². The summed E-state index contributed by atoms with van der Waals surface area (Å²) < 4.78 is 5.26. The van der Waals surface area contributed by atoms with Gasteiger partial charge in [0.15, 0.2) is 6.29 Å². The summed E-state index contributed by atoms with van der Waals surface area (Å²) in [5, 5.41) is 1.35. The Morgan fingerprint density at radius 1 is 1.47 bits per heavy atom. The van der Waals surface area contributed by atoms with Gasteiger partial charge in [0.05, 0.1) is 23.2 Å². The molecule has 1 aromatic heterocycles. The number of aldehydes is 1. The van der Waals surface area contributed by atoms with Crippen LogP contribution in [0.25, 0.3) is 10.6 Å². The molecule has 2 aromatic rings. The molecule has 0 aliphatic rings. The molecule has 0 spiro atoms. The normalized spacial score (nSPS) is 10.3. The van der Waals surface area contributed by atoms with Gasteiger partial charge in [0.2, 0.25) is 0 Å². The van der Waals surface area contributed by atoms with Crippen LogP contribution in [0, 0.1) is 6.92 Å². The van der Waals surface area contributed by atoms with Crippen molar-refractivity contribution < 1.29 is 9.53 Å². The number of hydrogen-bond acceptors (Lipinski definition) is 4. The van der Waals surface area contributed by atoms with Gasteiger partial charge in [-0.3, -0.25) is 4.79 Å². The second kappa shape index (κ2) is 4.85. The summed E-state index contributed by atoms with van der Waals surface area (Å²) in [7, 11) is 1.59. The average Bonchev–Trinajstić information content (AvgIpc) is 2.70. The molecule has 0 saturated heterocycles. The molecule has 2 rings (SSSR count). The fourth-order valence-corrected chi connectivity index (χ4v) is 2.55. The minimum atomic E-state index is 0.612. The zero-order valence-corrected chi connectivity index (χ0v) is 10.9. The van der Waals surface area contributed by atoms with Gasteiger partial charge in [-0.1, -0.05) is 11.6 Å². The van der Waals surface area contributed by atoms with Gasteiger partial charge in [0.1, 0.15) is 10.8 Å². The van der Waals surface area contributed by atoms with Crippen LogP contribution in [0.1, 0.15) is 15.4 Å². The molecule has 0 N–H and O–H groups in total. The Bertz CT molecular complexity index is 566. The number of carbonyl (C=O) groups is 1. The molecule has 0 radical (unpaired) electrons. The summed E-state index contributed by atoms with van der Waals surface area (Å²) >= 11 is 7.29. The highest BCUT2D eigenvalue weighted by atomic mass is 35.5. The predicted molar refractivity (Wildman–Crippen MR) is 69.2 cm³/mol. The quantitative estimate of drug-likeness (QED) is 0.798. The number of methoxy groups -OCH3 is 1. The van der Waals surface area contributed by atoms with Crippen molar-refractivity contribution in [1.29, 1.82) is 0 Å². The molecule has 0 saturated carbocycles. The van der Waals surface area contributed by atoms with Gasteiger partial charge in [-0.2, -0.15) is 0 Å². The van der Waals surface area contributed by atoms with E-state index >= 15 is 0 Å². The molecule has 17 heavy (non-hydrogen) atoms. The molecular weight excluding hydrogens is 258 g/mol. The zero-order valence-electron chi connectivity index (χ0n) is 9.36. The van der Waals surface area contributed by atoms with Gasteiger partial charge in [-0.15, -0.1) is 11.3 Å². The first-order valence-electron chi connectivity index (χ1n) is 4.92. The number of nitrogens with zero attached hydrogens (tertiary/aromatic N) is 1. The third kappa shape index (κ3) is 2.33. The minimum absolute atomic E-state index is 0.612. The lowest BCUT2D eigenvalue weighted by Gasteiger charge is -2.05. The van der Waals surface area contributed by atoms with Crippen LogP contribution in [-0.4, -0.2) is 18.4 Å². The maximum Gasteiger partial charge on any atom is 0.161 e. The third-order valence-corrected chi connectivity index (χ3v) is 3.68. The minimum Gasteiger partial charge on any atom is -0.496 e. The van der Waals surface area contributed by atoms with Crippen molar-refractivity contribution in [3.8, 4) is 16.3 Å². The lowest BCUT2D eigenvalue weighted by atomic mass is 10.2. The standard InChI is InChI=1S/C12H10ClNO2S/c1-7-11(6-15)17-12(14-7)9-5-8(13)3-4-10(9)16-2/h3-6H,1-2H3. The van der Waals surface area contributed by atoms with Crippen molar-refractivity contribution >= 4 is 29.2 Å². The summed E-state index contributed by atoms with van der Waals surface area (Å²) in [6, 6.07) is 5.33. The smallest absolute Gasteiger partial charge is 0.161 e. The van der Waals surface area contributed by atoms with E-state index in [9.17, 15) is 4.79 Å². The highest BCUT2D eigenvalue weighted by molar-refractivity contribution is 7.16. The molecule has 3 nitrogen and oxygen atoms in total. The molecular formula is C12H10ClNO2S. The first-order valence-corrected chi connectivity index (χ1v) is 6.11. The summed E-state index contributed by atoms with van der Waals surface area (Å²) in [5.74, 6) is 0.695. The molecule has 1 aromatic carbocycles. The van der Waals surface area contributed by atoms with Crippen LogP contribution in [0.2, 0.25) is 5.02 Å². The fourth-order valence-electron chi connectivity index (χ4n) is 1.48. The number of aryl methyl sites for hydroxylation is 1. The van der Waals surface area contributed by atoms with E-state index in [1.54, 1.807) is 32.2 Å². The molecule has 88 valence electrons. The van der Waals surface area contributed by atoms with Gasteiger partial charge < -0.3 is 4.74 Å². The summed E-state index contributed by atoms with van der Waals surface area (Å²) in [4.78, 5) is 15.8. The largest absolute Gasteiger partial charge is 0.496 e. The van der Waals surface area contributed by atoms with Crippen molar-refractivity contribution in [1.82, 2.24) is 4.98 Å². The van der Waals surface area contributed by atoms with Crippen molar-refractivity contribution in [3.05, 3.63) is 33.8 Å². The number of carbonyl (C=O) groups excluding carboxylic acids is 1. The number of aromatic nitrogens is 1. The van der Waals surface area contributed by atoms with Crippen LogP contribution < -0.4 is 4.74 Å². The van der Waals surface area contributed by atoms with E-state index in [4.69, 9.17) is 16.3 Å². The van der Waals surface area contributed by atoms with Crippen molar-refractivity contribution in [2.24, 2.45) is 0 Å². The fraction of sp³-hybridized carbons (Fsp3) is 0.167. The van der Waals surface area contributed by atoms with E-state index in [0.717, 1.165) is 22.6 Å². The Morgan fingerprint density at radius 2 is 2.24 bits per heavy atom. The SMILES string of the molecule is COc1ccc(Cl)cc1-c1nc(C)c(C=O)s1. The van der Waals surface area contributed by atoms with E-state index < -0.39 is 0 Å². The summed E-state index contributed by atoms with van der Waals surface area (Å²) in [5.41, 5.74) is 1.53. The van der Waals surface area contributed by atoms with E-state index in [-0.39, 0.29) is 0 Å². The first-order chi connectivity index (χ1) is 8.15. The molecule has 5 heteroatoms. The number of halogens is 1. The second-order valence-electron chi connectivity index (χ2n) is 3.43. The molecule has 1 heterocycles. The van der Waals surface area contributed by atoms with Crippen LogP contribution >= 0.6 is 22.9 Å². The lowest BCUT2D eigenvalue weighted by molar-refractivity contribution is 0.112. The van der Waals surface area contributed by atoms with Gasteiger partial charge in [-0.05, 0) is 25.1 Å². The second-order valence-corrected chi connectivity index (χ2v) is 4.90. The van der Waals surface area contributed by atoms with Crippen LogP contribution in [0.15, 0.2) is 18.2 Å². The van der Waals surface area contributed by atoms with Gasteiger partial charge in [0.25, 0.3) is 0 Å². The van der Waals surface area contributed by atoms with Crippen molar-refractivity contribution in [2.45, 2.75) is 6.92 Å². The predicted octanol–water partition coefficient (Wildman–Crippen LogP) is 3.59. The monoisotopic (exact) mass is 267 g/mol. The zero-order chi connectivity index (χ0) is 12.4. The van der Waals surface area contributed by atoms with Crippen LogP contribution in [-0.2, 0) is 0 Å². The Labute approximate surface area is 108 Å². The number of benzene rings is 1. The maximum atomic E-state index is 10.8. The van der Waals surface area contributed by atoms with Crippen LogP contribution in [0.5, 0.6) is 5.75 Å². The number of ether oxygens (including phenoxy) is 1. The van der Waals surface area contributed by atoms with E-state index in [0.29, 0.717) is 15.6 Å². The Hall–Kier alpha value is -1.39. The molecule has 0 aliphatic carbocycles. The van der Waals surface area contributed by atoms with E-state index in [1.165, 1.54) is 11.3 Å². The van der Waals surface area contributed by atoms with Crippen molar-refractivity contribution in [2.75, 3.05) is 7.11 Å². The summed E-state index contributed by atoms with van der Waals surface area (Å²) in [6.45, 7) is 1.81. The lowest BCUT2D eigenvalue weighted by Crippen LogP contribution is -1.87. The molecule has 0 unspecified atom stereocenters. The van der Waals surface area contributed by atoms with Gasteiger partial charge >= 0.3 is 0 Å². The summed E-state index contributed by atoms with van der Waals surface area (Å²) in [6.07, 6.45) is 0.813. The molecule has 0 fully saturated rings. The van der Waals surface area contributed by atoms with Crippen LogP contribution in [0.3, 0.4) is 0 Å². The third-order valence-electron chi connectivity index (χ3n) is 2.33.